The molecule has 0 amide bonds. The number of rotatable bonds is 3. The second-order valence-electron chi connectivity index (χ2n) is 4.64. The first-order valence-corrected chi connectivity index (χ1v) is 6.57. The molecule has 0 bridgehead atoms. The average Bonchev–Trinajstić information content (AvgIpc) is 2.99. The van der Waals surface area contributed by atoms with E-state index in [0.717, 1.165) is 0 Å². The molecule has 2 aromatic rings. The van der Waals surface area contributed by atoms with Crippen LogP contribution in [-0.2, 0) is 9.47 Å². The van der Waals surface area contributed by atoms with Gasteiger partial charge in [-0.15, -0.1) is 0 Å². The fourth-order valence-electron chi connectivity index (χ4n) is 2.44. The smallest absolute Gasteiger partial charge is 0.226 e. The molecule has 1 fully saturated rings. The molecule has 0 unspecified atom stereocenters. The van der Waals surface area contributed by atoms with E-state index in [-0.39, 0.29) is 17.7 Å². The summed E-state index contributed by atoms with van der Waals surface area (Å²) in [6.07, 6.45) is -1.67. The number of nitrogen functional groups attached to an aromatic ring is 1. The lowest BCUT2D eigenvalue weighted by molar-refractivity contribution is -0.0583. The third-order valence-corrected chi connectivity index (χ3v) is 3.63. The number of methoxy groups -OCH3 is 1. The second-order valence-corrected chi connectivity index (χ2v) is 4.98. The van der Waals surface area contributed by atoms with Gasteiger partial charge in [0.25, 0.3) is 0 Å². The van der Waals surface area contributed by atoms with Crippen LogP contribution in [0.3, 0.4) is 0 Å². The van der Waals surface area contributed by atoms with Crippen LogP contribution in [0, 0.1) is 0 Å². The van der Waals surface area contributed by atoms with Gasteiger partial charge in [-0.25, -0.2) is 4.98 Å². The van der Waals surface area contributed by atoms with Crippen molar-refractivity contribution >= 4 is 28.6 Å². The number of halogens is 1. The number of ether oxygens (including phenoxy) is 2. The number of imidazole rings is 1. The molecular weight excluding hydrogens is 302 g/mol. The molecule has 2 aromatic heterocycles. The van der Waals surface area contributed by atoms with Crippen molar-refractivity contribution < 1.29 is 19.7 Å². The van der Waals surface area contributed by atoms with Crippen molar-refractivity contribution in [2.24, 2.45) is 0 Å². The number of fused-ring (bicyclic) bond motifs is 1. The van der Waals surface area contributed by atoms with Crippen LogP contribution in [0.15, 0.2) is 6.33 Å². The molecule has 1 saturated heterocycles. The first-order chi connectivity index (χ1) is 10.1. The summed E-state index contributed by atoms with van der Waals surface area (Å²) in [6, 6.07) is 0. The SMILES string of the molecule is CO[C@@H]1[C@H](O)[C@@H](CO)O[C@H]1n1cnc2c(N)nc(Cl)nc21. The van der Waals surface area contributed by atoms with Crippen LogP contribution in [0.2, 0.25) is 5.28 Å². The summed E-state index contributed by atoms with van der Waals surface area (Å²) in [5.41, 5.74) is 6.48. The second kappa shape index (κ2) is 5.35. The third kappa shape index (κ3) is 2.23. The molecule has 9 nitrogen and oxygen atoms in total. The summed E-state index contributed by atoms with van der Waals surface area (Å²) in [5.74, 6) is 0.148. The molecule has 114 valence electrons. The van der Waals surface area contributed by atoms with Gasteiger partial charge in [-0.1, -0.05) is 0 Å². The standard InChI is InChI=1S/C11H14ClN5O4/c1-20-7-6(19)4(2-18)21-10(7)17-3-14-5-8(13)15-11(12)16-9(5)17/h3-4,6-7,10,18-19H,2H2,1H3,(H2,13,15,16)/t4-,6-,7-,10-/m1/s1. The largest absolute Gasteiger partial charge is 0.394 e. The molecule has 4 N–H and O–H groups in total. The summed E-state index contributed by atoms with van der Waals surface area (Å²) < 4.78 is 12.4. The highest BCUT2D eigenvalue weighted by Crippen LogP contribution is 2.33. The van der Waals surface area contributed by atoms with E-state index in [1.807, 2.05) is 0 Å². The topological polar surface area (TPSA) is 129 Å². The van der Waals surface area contributed by atoms with Crippen LogP contribution in [0.5, 0.6) is 0 Å². The summed E-state index contributed by atoms with van der Waals surface area (Å²) in [5, 5.41) is 19.3. The number of hydrogen-bond acceptors (Lipinski definition) is 8. The van der Waals surface area contributed by atoms with Crippen molar-refractivity contribution in [1.29, 1.82) is 0 Å². The lowest BCUT2D eigenvalue weighted by Crippen LogP contribution is -2.34. The Balaban J connectivity index is 2.08. The number of hydrogen-bond donors (Lipinski definition) is 3. The van der Waals surface area contributed by atoms with Gasteiger partial charge < -0.3 is 25.4 Å². The van der Waals surface area contributed by atoms with E-state index < -0.39 is 24.5 Å². The molecule has 3 rings (SSSR count). The van der Waals surface area contributed by atoms with E-state index in [1.165, 1.54) is 13.4 Å². The predicted octanol–water partition coefficient (Wildman–Crippen LogP) is -0.672. The average molecular weight is 316 g/mol. The van der Waals surface area contributed by atoms with Crippen molar-refractivity contribution in [2.75, 3.05) is 19.5 Å². The minimum absolute atomic E-state index is 0.0204. The highest BCUT2D eigenvalue weighted by atomic mass is 35.5. The Labute approximate surface area is 124 Å². The lowest BCUT2D eigenvalue weighted by atomic mass is 10.1. The number of aliphatic hydroxyl groups excluding tert-OH is 2. The maximum Gasteiger partial charge on any atom is 0.226 e. The molecule has 3 heterocycles. The fourth-order valence-corrected chi connectivity index (χ4v) is 2.62. The van der Waals surface area contributed by atoms with Gasteiger partial charge in [0.2, 0.25) is 5.28 Å². The van der Waals surface area contributed by atoms with Gasteiger partial charge in [0, 0.05) is 7.11 Å². The molecule has 4 atom stereocenters. The summed E-state index contributed by atoms with van der Waals surface area (Å²) in [4.78, 5) is 12.0. The van der Waals surface area contributed by atoms with E-state index in [4.69, 9.17) is 26.8 Å². The normalized spacial score (nSPS) is 29.3. The Hall–Kier alpha value is -1.52. The molecular formula is C11H14ClN5O4. The van der Waals surface area contributed by atoms with Crippen LogP contribution >= 0.6 is 11.6 Å². The number of anilines is 1. The minimum atomic E-state index is -0.975. The van der Waals surface area contributed by atoms with E-state index in [0.29, 0.717) is 11.2 Å². The first kappa shape index (κ1) is 14.4. The number of aromatic nitrogens is 4. The van der Waals surface area contributed by atoms with Gasteiger partial charge in [0.1, 0.15) is 23.8 Å². The summed E-state index contributed by atoms with van der Waals surface area (Å²) >= 11 is 5.81. The third-order valence-electron chi connectivity index (χ3n) is 3.46. The maximum atomic E-state index is 10.1. The highest BCUT2D eigenvalue weighted by molar-refractivity contribution is 6.28. The molecule has 0 radical (unpaired) electrons. The lowest BCUT2D eigenvalue weighted by Gasteiger charge is -2.19. The Morgan fingerprint density at radius 3 is 2.95 bits per heavy atom. The van der Waals surface area contributed by atoms with E-state index in [1.54, 1.807) is 4.57 Å². The number of nitrogens with zero attached hydrogens (tertiary/aromatic N) is 4. The van der Waals surface area contributed by atoms with E-state index in [2.05, 4.69) is 15.0 Å². The minimum Gasteiger partial charge on any atom is -0.394 e. The maximum absolute atomic E-state index is 10.1. The molecule has 1 aliphatic rings. The quantitative estimate of drug-likeness (QED) is 0.636. The number of aliphatic hydroxyl groups is 2. The fraction of sp³-hybridized carbons (Fsp3) is 0.545. The van der Waals surface area contributed by atoms with Crippen molar-refractivity contribution in [3.05, 3.63) is 11.6 Å². The van der Waals surface area contributed by atoms with Gasteiger partial charge in [0.15, 0.2) is 17.7 Å². The zero-order valence-corrected chi connectivity index (χ0v) is 11.8. The summed E-state index contributed by atoms with van der Waals surface area (Å²) in [7, 11) is 1.44. The zero-order valence-electron chi connectivity index (χ0n) is 11.0. The predicted molar refractivity (Wildman–Crippen MR) is 72.5 cm³/mol. The van der Waals surface area contributed by atoms with Gasteiger partial charge in [-0.05, 0) is 11.6 Å². The Morgan fingerprint density at radius 2 is 2.29 bits per heavy atom. The summed E-state index contributed by atoms with van der Waals surface area (Å²) in [6.45, 7) is -0.331. The van der Waals surface area contributed by atoms with E-state index in [9.17, 15) is 10.2 Å². The van der Waals surface area contributed by atoms with E-state index >= 15 is 0 Å². The molecule has 1 aliphatic heterocycles. The first-order valence-electron chi connectivity index (χ1n) is 6.19. The highest BCUT2D eigenvalue weighted by Gasteiger charge is 2.45. The van der Waals surface area contributed by atoms with Crippen LogP contribution in [0.25, 0.3) is 11.2 Å². The zero-order chi connectivity index (χ0) is 15.1. The molecule has 0 spiro atoms. The molecule has 0 saturated carbocycles. The van der Waals surface area contributed by atoms with Crippen LogP contribution in [0.1, 0.15) is 6.23 Å². The van der Waals surface area contributed by atoms with Crippen LogP contribution in [-0.4, -0.2) is 61.8 Å². The monoisotopic (exact) mass is 315 g/mol. The van der Waals surface area contributed by atoms with Crippen LogP contribution < -0.4 is 5.73 Å². The Bertz CT molecular complexity index is 665. The Kier molecular flexibility index (Phi) is 3.68. The molecule has 0 aromatic carbocycles. The Morgan fingerprint density at radius 1 is 1.52 bits per heavy atom. The van der Waals surface area contributed by atoms with Gasteiger partial charge >= 0.3 is 0 Å². The van der Waals surface area contributed by atoms with Crippen molar-refractivity contribution in [1.82, 2.24) is 19.5 Å². The van der Waals surface area contributed by atoms with Crippen molar-refractivity contribution in [2.45, 2.75) is 24.5 Å². The van der Waals surface area contributed by atoms with Gasteiger partial charge in [-0.2, -0.15) is 9.97 Å². The van der Waals surface area contributed by atoms with Crippen molar-refractivity contribution in [3.63, 3.8) is 0 Å². The molecule has 10 heteroatoms. The molecule has 21 heavy (non-hydrogen) atoms. The van der Waals surface area contributed by atoms with Crippen molar-refractivity contribution in [3.8, 4) is 0 Å². The van der Waals surface area contributed by atoms with Crippen LogP contribution in [0.4, 0.5) is 5.82 Å². The van der Waals surface area contributed by atoms with Gasteiger partial charge in [-0.3, -0.25) is 4.57 Å². The van der Waals surface area contributed by atoms with Gasteiger partial charge in [0.05, 0.1) is 12.9 Å². The number of nitrogens with two attached hydrogens (primary N) is 1. The molecule has 0 aliphatic carbocycles.